The smallest absolute Gasteiger partial charge is 0.237 e. The van der Waals surface area contributed by atoms with Gasteiger partial charge >= 0.3 is 0 Å². The fourth-order valence-corrected chi connectivity index (χ4v) is 2.03. The first-order chi connectivity index (χ1) is 7.65. The van der Waals surface area contributed by atoms with Crippen LogP contribution in [-0.4, -0.2) is 11.4 Å². The van der Waals surface area contributed by atoms with Crippen LogP contribution in [0.5, 0.6) is 0 Å². The lowest BCUT2D eigenvalue weighted by molar-refractivity contribution is 0.112. The summed E-state index contributed by atoms with van der Waals surface area (Å²) in [5.41, 5.74) is 0.816. The molecule has 0 amide bonds. The molecule has 82 valence electrons. The van der Waals surface area contributed by atoms with Crippen LogP contribution in [0.2, 0.25) is 15.3 Å². The Bertz CT molecular complexity index is 531. The first-order valence-corrected chi connectivity index (χ1v) is 5.33. The molecule has 0 radical (unpaired) electrons. The molecule has 0 aliphatic heterocycles. The van der Waals surface area contributed by atoms with Crippen molar-refractivity contribution in [1.29, 1.82) is 0 Å². The molecule has 3 nitrogen and oxygen atoms in total. The standard InChI is InChI=1S/C10H4Cl3NO2/c11-6-2-1-3-7(12)8(6)9-5(4-15)10(13)16-14-9/h1-4H. The zero-order chi connectivity index (χ0) is 11.7. The van der Waals surface area contributed by atoms with Crippen molar-refractivity contribution in [2.24, 2.45) is 0 Å². The van der Waals surface area contributed by atoms with Gasteiger partial charge in [0.25, 0.3) is 0 Å². The number of hydrogen-bond donors (Lipinski definition) is 0. The van der Waals surface area contributed by atoms with Gasteiger partial charge in [0, 0.05) is 5.56 Å². The molecular weight excluding hydrogens is 272 g/mol. The lowest BCUT2D eigenvalue weighted by Crippen LogP contribution is -1.87. The molecule has 2 rings (SSSR count). The van der Waals surface area contributed by atoms with Gasteiger partial charge in [-0.05, 0) is 23.7 Å². The third-order valence-electron chi connectivity index (χ3n) is 2.00. The Morgan fingerprint density at radius 3 is 2.38 bits per heavy atom. The van der Waals surface area contributed by atoms with E-state index < -0.39 is 0 Å². The van der Waals surface area contributed by atoms with Crippen molar-refractivity contribution < 1.29 is 9.32 Å². The van der Waals surface area contributed by atoms with Gasteiger partial charge in [-0.2, -0.15) is 0 Å². The number of carbonyl (C=O) groups is 1. The van der Waals surface area contributed by atoms with Crippen molar-refractivity contribution in [2.45, 2.75) is 0 Å². The summed E-state index contributed by atoms with van der Waals surface area (Å²) in [5, 5.41) is 4.34. The van der Waals surface area contributed by atoms with Crippen LogP contribution in [0.15, 0.2) is 22.7 Å². The minimum Gasteiger partial charge on any atom is -0.343 e. The predicted molar refractivity (Wildman–Crippen MR) is 62.4 cm³/mol. The highest BCUT2D eigenvalue weighted by Crippen LogP contribution is 2.37. The normalized spacial score (nSPS) is 10.4. The van der Waals surface area contributed by atoms with Gasteiger partial charge in [-0.1, -0.05) is 34.4 Å². The molecule has 1 aromatic carbocycles. The highest BCUT2D eigenvalue weighted by atomic mass is 35.5. The van der Waals surface area contributed by atoms with Crippen molar-refractivity contribution in [3.63, 3.8) is 0 Å². The van der Waals surface area contributed by atoms with E-state index in [1.54, 1.807) is 18.2 Å². The van der Waals surface area contributed by atoms with Crippen LogP contribution in [0.3, 0.4) is 0 Å². The van der Waals surface area contributed by atoms with E-state index in [0.29, 0.717) is 21.9 Å². The second-order valence-electron chi connectivity index (χ2n) is 2.93. The number of nitrogens with zero attached hydrogens (tertiary/aromatic N) is 1. The lowest BCUT2D eigenvalue weighted by atomic mass is 10.1. The third-order valence-corrected chi connectivity index (χ3v) is 2.90. The minimum atomic E-state index is -0.0824. The topological polar surface area (TPSA) is 43.1 Å². The number of aldehydes is 1. The molecule has 2 aromatic rings. The fourth-order valence-electron chi connectivity index (χ4n) is 1.28. The molecule has 0 saturated heterocycles. The second kappa shape index (κ2) is 4.45. The molecule has 0 aliphatic rings. The van der Waals surface area contributed by atoms with E-state index in [1.165, 1.54) is 0 Å². The highest BCUT2D eigenvalue weighted by Gasteiger charge is 2.19. The molecule has 16 heavy (non-hydrogen) atoms. The Morgan fingerprint density at radius 2 is 1.81 bits per heavy atom. The summed E-state index contributed by atoms with van der Waals surface area (Å²) in [6.45, 7) is 0. The molecule has 1 heterocycles. The molecule has 0 N–H and O–H groups in total. The molecule has 0 bridgehead atoms. The maximum atomic E-state index is 10.8. The second-order valence-corrected chi connectivity index (χ2v) is 4.09. The van der Waals surface area contributed by atoms with E-state index in [9.17, 15) is 4.79 Å². The molecule has 1 aromatic heterocycles. The lowest BCUT2D eigenvalue weighted by Gasteiger charge is -2.02. The summed E-state index contributed by atoms with van der Waals surface area (Å²) in [6, 6.07) is 4.97. The van der Waals surface area contributed by atoms with E-state index in [0.717, 1.165) is 0 Å². The van der Waals surface area contributed by atoms with Gasteiger partial charge in [0.05, 0.1) is 10.0 Å². The molecule has 0 atom stereocenters. The third kappa shape index (κ3) is 1.82. The molecule has 0 aliphatic carbocycles. The molecule has 0 fully saturated rings. The van der Waals surface area contributed by atoms with Crippen molar-refractivity contribution in [2.75, 3.05) is 0 Å². The average molecular weight is 277 g/mol. The van der Waals surface area contributed by atoms with Crippen LogP contribution in [0, 0.1) is 0 Å². The number of halogens is 3. The van der Waals surface area contributed by atoms with Gasteiger partial charge in [-0.25, -0.2) is 0 Å². The number of benzene rings is 1. The average Bonchev–Trinajstić information content (AvgIpc) is 2.59. The van der Waals surface area contributed by atoms with Crippen LogP contribution in [0.25, 0.3) is 11.3 Å². The number of carbonyl (C=O) groups excluding carboxylic acids is 1. The van der Waals surface area contributed by atoms with E-state index in [1.807, 2.05) is 0 Å². The Kier molecular flexibility index (Phi) is 3.19. The van der Waals surface area contributed by atoms with E-state index in [4.69, 9.17) is 39.3 Å². The molecular formula is C10H4Cl3NO2. The van der Waals surface area contributed by atoms with E-state index >= 15 is 0 Å². The van der Waals surface area contributed by atoms with Crippen LogP contribution < -0.4 is 0 Å². The molecule has 0 unspecified atom stereocenters. The van der Waals surface area contributed by atoms with Crippen molar-refractivity contribution in [3.05, 3.63) is 39.0 Å². The van der Waals surface area contributed by atoms with Crippen LogP contribution in [0.4, 0.5) is 0 Å². The van der Waals surface area contributed by atoms with Gasteiger partial charge in [0.2, 0.25) is 5.22 Å². The van der Waals surface area contributed by atoms with Crippen LogP contribution >= 0.6 is 34.8 Å². The van der Waals surface area contributed by atoms with Crippen LogP contribution in [-0.2, 0) is 0 Å². The quantitative estimate of drug-likeness (QED) is 0.775. The van der Waals surface area contributed by atoms with E-state index in [-0.39, 0.29) is 16.5 Å². The maximum absolute atomic E-state index is 10.8. The Hall–Kier alpha value is -1.03. The summed E-state index contributed by atoms with van der Waals surface area (Å²) in [5.74, 6) is 0. The number of hydrogen-bond acceptors (Lipinski definition) is 3. The van der Waals surface area contributed by atoms with Gasteiger partial charge in [0.1, 0.15) is 11.3 Å². The summed E-state index contributed by atoms with van der Waals surface area (Å²) in [7, 11) is 0. The first-order valence-electron chi connectivity index (χ1n) is 4.20. The summed E-state index contributed by atoms with van der Waals surface area (Å²) < 4.78 is 4.72. The fraction of sp³-hybridized carbons (Fsp3) is 0. The highest BCUT2D eigenvalue weighted by molar-refractivity contribution is 6.39. The summed E-state index contributed by atoms with van der Waals surface area (Å²) in [4.78, 5) is 10.8. The van der Waals surface area contributed by atoms with Crippen molar-refractivity contribution >= 4 is 41.1 Å². The summed E-state index contributed by atoms with van der Waals surface area (Å²) >= 11 is 17.6. The van der Waals surface area contributed by atoms with Crippen molar-refractivity contribution in [3.8, 4) is 11.3 Å². The number of aromatic nitrogens is 1. The zero-order valence-electron chi connectivity index (χ0n) is 7.71. The number of rotatable bonds is 2. The zero-order valence-corrected chi connectivity index (χ0v) is 9.97. The van der Waals surface area contributed by atoms with Crippen LogP contribution in [0.1, 0.15) is 10.4 Å². The van der Waals surface area contributed by atoms with Gasteiger partial charge in [-0.15, -0.1) is 0 Å². The van der Waals surface area contributed by atoms with E-state index in [2.05, 4.69) is 5.16 Å². The van der Waals surface area contributed by atoms with Gasteiger partial charge in [-0.3, -0.25) is 4.79 Å². The molecule has 0 saturated carbocycles. The summed E-state index contributed by atoms with van der Waals surface area (Å²) in [6.07, 6.45) is 0.549. The molecule has 0 spiro atoms. The SMILES string of the molecule is O=Cc1c(-c2c(Cl)cccc2Cl)noc1Cl. The van der Waals surface area contributed by atoms with Gasteiger partial charge < -0.3 is 4.52 Å². The van der Waals surface area contributed by atoms with Crippen molar-refractivity contribution in [1.82, 2.24) is 5.16 Å². The molecule has 6 heteroatoms. The largest absolute Gasteiger partial charge is 0.343 e. The van der Waals surface area contributed by atoms with Gasteiger partial charge in [0.15, 0.2) is 6.29 Å². The Morgan fingerprint density at radius 1 is 1.19 bits per heavy atom. The predicted octanol–water partition coefficient (Wildman–Crippen LogP) is 4.11. The monoisotopic (exact) mass is 275 g/mol. The minimum absolute atomic E-state index is 0.0824. The Labute approximate surface area is 106 Å². The Balaban J connectivity index is 2.72. The maximum Gasteiger partial charge on any atom is 0.237 e. The first kappa shape index (κ1) is 11.5.